The Morgan fingerprint density at radius 2 is 2.20 bits per heavy atom. The molecular weight excluding hydrogens is 348 g/mol. The summed E-state index contributed by atoms with van der Waals surface area (Å²) in [6.45, 7) is 1.07. The van der Waals surface area contributed by atoms with E-state index >= 15 is 0 Å². The standard InChI is InChI=1S/C13H14BrClN2O3/c1-20-13(19)16-11-2-3-17(7-11)12(18)8-4-9(14)6-10(15)5-8/h4-6,11H,2-3,7H2,1H3,(H,16,19). The molecule has 2 rings (SSSR count). The fourth-order valence-electron chi connectivity index (χ4n) is 2.15. The Kier molecular flexibility index (Phi) is 4.88. The molecule has 1 aliphatic heterocycles. The fourth-order valence-corrected chi connectivity index (χ4v) is 3.01. The third-order valence-electron chi connectivity index (χ3n) is 3.09. The molecule has 1 atom stereocenters. The van der Waals surface area contributed by atoms with Gasteiger partial charge in [-0.2, -0.15) is 0 Å². The van der Waals surface area contributed by atoms with Crippen molar-refractivity contribution in [1.82, 2.24) is 10.2 Å². The smallest absolute Gasteiger partial charge is 0.407 e. The van der Waals surface area contributed by atoms with Gasteiger partial charge < -0.3 is 15.0 Å². The maximum Gasteiger partial charge on any atom is 0.407 e. The van der Waals surface area contributed by atoms with Gasteiger partial charge in [-0.15, -0.1) is 0 Å². The zero-order chi connectivity index (χ0) is 14.7. The van der Waals surface area contributed by atoms with Gasteiger partial charge in [0, 0.05) is 28.1 Å². The van der Waals surface area contributed by atoms with Crippen molar-refractivity contribution in [2.24, 2.45) is 0 Å². The summed E-state index contributed by atoms with van der Waals surface area (Å²) < 4.78 is 5.31. The normalized spacial score (nSPS) is 17.9. The molecule has 1 heterocycles. The number of methoxy groups -OCH3 is 1. The SMILES string of the molecule is COC(=O)NC1CCN(C(=O)c2cc(Cl)cc(Br)c2)C1. The van der Waals surface area contributed by atoms with E-state index in [0.717, 1.165) is 4.47 Å². The molecule has 1 fully saturated rings. The highest BCUT2D eigenvalue weighted by atomic mass is 79.9. The summed E-state index contributed by atoms with van der Waals surface area (Å²) in [6, 6.07) is 5.02. The molecule has 1 N–H and O–H groups in total. The molecule has 0 bridgehead atoms. The molecule has 5 nitrogen and oxygen atoms in total. The minimum atomic E-state index is -0.477. The Hall–Kier alpha value is -1.27. The van der Waals surface area contributed by atoms with Gasteiger partial charge in [-0.3, -0.25) is 4.79 Å². The summed E-state index contributed by atoms with van der Waals surface area (Å²) in [5, 5.41) is 3.20. The van der Waals surface area contributed by atoms with Crippen molar-refractivity contribution in [3.63, 3.8) is 0 Å². The van der Waals surface area contributed by atoms with Gasteiger partial charge in [0.15, 0.2) is 0 Å². The van der Waals surface area contributed by atoms with Gasteiger partial charge in [0.1, 0.15) is 0 Å². The second-order valence-corrected chi connectivity index (χ2v) is 5.88. The van der Waals surface area contributed by atoms with E-state index in [-0.39, 0.29) is 11.9 Å². The third-order valence-corrected chi connectivity index (χ3v) is 3.77. The van der Waals surface area contributed by atoms with Gasteiger partial charge in [0.2, 0.25) is 0 Å². The molecule has 0 aliphatic carbocycles. The summed E-state index contributed by atoms with van der Waals surface area (Å²) in [7, 11) is 1.32. The average Bonchev–Trinajstić information content (AvgIpc) is 2.85. The molecule has 1 aromatic rings. The molecule has 20 heavy (non-hydrogen) atoms. The topological polar surface area (TPSA) is 58.6 Å². The molecule has 0 aromatic heterocycles. The first-order valence-electron chi connectivity index (χ1n) is 6.09. The fraction of sp³-hybridized carbons (Fsp3) is 0.385. The number of hydrogen-bond donors (Lipinski definition) is 1. The lowest BCUT2D eigenvalue weighted by Gasteiger charge is -2.17. The Balaban J connectivity index is 2.02. The Bertz CT molecular complexity index is 518. The van der Waals surface area contributed by atoms with Crippen LogP contribution in [0.1, 0.15) is 16.8 Å². The van der Waals surface area contributed by atoms with Crippen molar-refractivity contribution in [3.8, 4) is 0 Å². The number of amides is 2. The maximum atomic E-state index is 12.4. The van der Waals surface area contributed by atoms with Gasteiger partial charge in [-0.1, -0.05) is 27.5 Å². The number of nitrogens with one attached hydrogen (secondary N) is 1. The van der Waals surface area contributed by atoms with E-state index in [0.29, 0.717) is 30.1 Å². The first-order chi connectivity index (χ1) is 9.49. The van der Waals surface area contributed by atoms with Gasteiger partial charge in [0.05, 0.1) is 13.2 Å². The summed E-state index contributed by atoms with van der Waals surface area (Å²) in [6.07, 6.45) is 0.234. The molecule has 1 aliphatic rings. The van der Waals surface area contributed by atoms with Crippen LogP contribution < -0.4 is 5.32 Å². The monoisotopic (exact) mass is 360 g/mol. The number of hydrogen-bond acceptors (Lipinski definition) is 3. The second kappa shape index (κ2) is 6.45. The average molecular weight is 362 g/mol. The highest BCUT2D eigenvalue weighted by molar-refractivity contribution is 9.10. The number of carbonyl (C=O) groups excluding carboxylic acids is 2. The quantitative estimate of drug-likeness (QED) is 0.881. The molecule has 2 amide bonds. The number of likely N-dealkylation sites (tertiary alicyclic amines) is 1. The molecule has 1 aromatic carbocycles. The molecule has 0 spiro atoms. The minimum Gasteiger partial charge on any atom is -0.453 e. The van der Waals surface area contributed by atoms with E-state index in [2.05, 4.69) is 26.0 Å². The predicted molar refractivity (Wildman–Crippen MR) is 79.0 cm³/mol. The molecule has 1 unspecified atom stereocenters. The van der Waals surface area contributed by atoms with Crippen LogP contribution in [0.5, 0.6) is 0 Å². The van der Waals surface area contributed by atoms with Crippen LogP contribution in [0.25, 0.3) is 0 Å². The van der Waals surface area contributed by atoms with Gasteiger partial charge >= 0.3 is 6.09 Å². The van der Waals surface area contributed by atoms with E-state index in [1.807, 2.05) is 0 Å². The number of nitrogens with zero attached hydrogens (tertiary/aromatic N) is 1. The van der Waals surface area contributed by atoms with E-state index in [1.165, 1.54) is 7.11 Å². The first kappa shape index (κ1) is 15.1. The summed E-state index contributed by atoms with van der Waals surface area (Å²) >= 11 is 9.26. The van der Waals surface area contributed by atoms with Gasteiger partial charge in [-0.25, -0.2) is 4.79 Å². The maximum absolute atomic E-state index is 12.4. The molecule has 7 heteroatoms. The number of halogens is 2. The number of alkyl carbamates (subject to hydrolysis) is 1. The number of benzene rings is 1. The number of carbonyl (C=O) groups is 2. The number of rotatable bonds is 2. The summed E-state index contributed by atoms with van der Waals surface area (Å²) in [5.41, 5.74) is 0.531. The molecule has 1 saturated heterocycles. The molecular formula is C13H14BrClN2O3. The Morgan fingerprint density at radius 3 is 2.85 bits per heavy atom. The largest absolute Gasteiger partial charge is 0.453 e. The van der Waals surface area contributed by atoms with Crippen LogP contribution in [-0.4, -0.2) is 43.1 Å². The summed E-state index contributed by atoms with van der Waals surface area (Å²) in [4.78, 5) is 25.2. The zero-order valence-corrected chi connectivity index (χ0v) is 13.2. The van der Waals surface area contributed by atoms with Crippen molar-refractivity contribution in [2.75, 3.05) is 20.2 Å². The van der Waals surface area contributed by atoms with Crippen LogP contribution in [0.4, 0.5) is 4.79 Å². The summed E-state index contributed by atoms with van der Waals surface area (Å²) in [5.74, 6) is -0.0950. The van der Waals surface area contributed by atoms with Crippen LogP contribution in [0.15, 0.2) is 22.7 Å². The minimum absolute atomic E-state index is 0.0750. The van der Waals surface area contributed by atoms with Gasteiger partial charge in [-0.05, 0) is 24.6 Å². The second-order valence-electron chi connectivity index (χ2n) is 4.53. The van der Waals surface area contributed by atoms with Crippen LogP contribution in [0.2, 0.25) is 5.02 Å². The van der Waals surface area contributed by atoms with E-state index < -0.39 is 6.09 Å². The van der Waals surface area contributed by atoms with Crippen molar-refractivity contribution in [3.05, 3.63) is 33.3 Å². The Morgan fingerprint density at radius 1 is 1.45 bits per heavy atom. The lowest BCUT2D eigenvalue weighted by molar-refractivity contribution is 0.0788. The van der Waals surface area contributed by atoms with Crippen molar-refractivity contribution in [2.45, 2.75) is 12.5 Å². The third kappa shape index (κ3) is 3.64. The lowest BCUT2D eigenvalue weighted by Crippen LogP contribution is -2.38. The highest BCUT2D eigenvalue weighted by Crippen LogP contribution is 2.22. The van der Waals surface area contributed by atoms with E-state index in [4.69, 9.17) is 11.6 Å². The molecule has 108 valence electrons. The van der Waals surface area contributed by atoms with Crippen molar-refractivity contribution in [1.29, 1.82) is 0 Å². The Labute approximate surface area is 130 Å². The molecule has 0 saturated carbocycles. The number of ether oxygens (including phenoxy) is 1. The molecule has 0 radical (unpaired) electrons. The van der Waals surface area contributed by atoms with Gasteiger partial charge in [0.25, 0.3) is 5.91 Å². The van der Waals surface area contributed by atoms with E-state index in [1.54, 1.807) is 23.1 Å². The van der Waals surface area contributed by atoms with Crippen LogP contribution in [0.3, 0.4) is 0 Å². The lowest BCUT2D eigenvalue weighted by atomic mass is 10.2. The van der Waals surface area contributed by atoms with E-state index in [9.17, 15) is 9.59 Å². The van der Waals surface area contributed by atoms with Crippen LogP contribution in [0, 0.1) is 0 Å². The van der Waals surface area contributed by atoms with Crippen LogP contribution in [-0.2, 0) is 4.74 Å². The van der Waals surface area contributed by atoms with Crippen molar-refractivity contribution < 1.29 is 14.3 Å². The first-order valence-corrected chi connectivity index (χ1v) is 7.26. The highest BCUT2D eigenvalue weighted by Gasteiger charge is 2.28. The van der Waals surface area contributed by atoms with Crippen LogP contribution >= 0.6 is 27.5 Å². The zero-order valence-electron chi connectivity index (χ0n) is 10.9. The predicted octanol–water partition coefficient (Wildman–Crippen LogP) is 2.67. The van der Waals surface area contributed by atoms with Crippen molar-refractivity contribution >= 4 is 39.5 Å².